The number of nitrogens with one attached hydrogen (secondary N) is 1. The van der Waals surface area contributed by atoms with Crippen LogP contribution in [0, 0.1) is 19.8 Å². The Morgan fingerprint density at radius 3 is 2.74 bits per heavy atom. The van der Waals surface area contributed by atoms with Gasteiger partial charge < -0.3 is 14.2 Å². The first-order valence-electron chi connectivity index (χ1n) is 11.2. The Kier molecular flexibility index (Phi) is 5.03. The molecule has 11 heteroatoms. The van der Waals surface area contributed by atoms with Gasteiger partial charge in [0.05, 0.1) is 22.5 Å². The molecule has 0 unspecified atom stereocenters. The lowest BCUT2D eigenvalue weighted by Gasteiger charge is -2.41. The fourth-order valence-corrected chi connectivity index (χ4v) is 5.37. The van der Waals surface area contributed by atoms with Crippen molar-refractivity contribution in [2.75, 3.05) is 31.1 Å². The summed E-state index contributed by atoms with van der Waals surface area (Å²) in [5, 5.41) is 4.12. The average Bonchev–Trinajstić information content (AvgIpc) is 3.35. The number of thiol groups is 1. The summed E-state index contributed by atoms with van der Waals surface area (Å²) in [5.74, 6) is 2.59. The largest absolute Gasteiger partial charge is 0.488 e. The van der Waals surface area contributed by atoms with Crippen molar-refractivity contribution in [3.05, 3.63) is 53.7 Å². The molecule has 2 aliphatic rings. The van der Waals surface area contributed by atoms with E-state index in [2.05, 4.69) is 24.3 Å². The smallest absolute Gasteiger partial charge is 0.207 e. The molecule has 0 saturated carbocycles. The molecule has 0 radical (unpaired) electrons. The summed E-state index contributed by atoms with van der Waals surface area (Å²) in [5.41, 5.74) is 5.33. The zero-order valence-electron chi connectivity index (χ0n) is 18.8. The standard InChI is InChI=1S/C23H24N6O4S/c1-13-20(14(2)33-27-13)16-6-7-18-21-22(16)32-12-19(17-5-3-4-8-24-17)29(21)23(26-18)28-10-15(11-28)9-25-34(30)31/h3-8,15,19,34H,9-12H2,1-2H3,(H,25,30,31)/t19-/m1/s1. The number of rotatable bonds is 6. The van der Waals surface area contributed by atoms with E-state index in [4.69, 9.17) is 14.2 Å². The third-order valence-corrected chi connectivity index (χ3v) is 7.01. The molecular weight excluding hydrogens is 456 g/mol. The molecule has 0 amide bonds. The molecule has 1 atom stereocenters. The molecule has 10 nitrogen and oxygen atoms in total. The molecule has 176 valence electrons. The molecule has 1 fully saturated rings. The van der Waals surface area contributed by atoms with E-state index in [9.17, 15) is 8.42 Å². The zero-order chi connectivity index (χ0) is 23.4. The van der Waals surface area contributed by atoms with Gasteiger partial charge in [-0.15, -0.1) is 0 Å². The summed E-state index contributed by atoms with van der Waals surface area (Å²) in [4.78, 5) is 11.8. The highest BCUT2D eigenvalue weighted by Gasteiger charge is 2.37. The first-order valence-corrected chi connectivity index (χ1v) is 12.3. The highest BCUT2D eigenvalue weighted by molar-refractivity contribution is 7.70. The predicted octanol–water partition coefficient (Wildman–Crippen LogP) is 2.24. The van der Waals surface area contributed by atoms with Gasteiger partial charge in [-0.25, -0.2) is 18.1 Å². The Morgan fingerprint density at radius 1 is 1.18 bits per heavy atom. The third-order valence-electron chi connectivity index (χ3n) is 6.57. The molecule has 5 heterocycles. The molecule has 0 spiro atoms. The fourth-order valence-electron chi connectivity index (χ4n) is 4.97. The number of aromatic nitrogens is 4. The number of imidazole rings is 1. The van der Waals surface area contributed by atoms with Gasteiger partial charge >= 0.3 is 0 Å². The average molecular weight is 481 g/mol. The summed E-state index contributed by atoms with van der Waals surface area (Å²) in [6.07, 6.45) is 1.79. The lowest BCUT2D eigenvalue weighted by atomic mass is 10.0. The van der Waals surface area contributed by atoms with E-state index in [1.165, 1.54) is 0 Å². The fraction of sp³-hybridized carbons (Fsp3) is 0.348. The van der Waals surface area contributed by atoms with Crippen LogP contribution in [0.25, 0.3) is 22.2 Å². The Bertz CT molecular complexity index is 1430. The number of pyridine rings is 1. The van der Waals surface area contributed by atoms with Gasteiger partial charge in [0, 0.05) is 37.3 Å². The van der Waals surface area contributed by atoms with Crippen LogP contribution in [0.4, 0.5) is 5.95 Å². The van der Waals surface area contributed by atoms with E-state index >= 15 is 0 Å². The van der Waals surface area contributed by atoms with E-state index in [1.54, 1.807) is 6.20 Å². The maximum Gasteiger partial charge on any atom is 0.207 e. The molecule has 0 aliphatic carbocycles. The molecule has 3 aromatic heterocycles. The molecule has 1 aromatic carbocycles. The topological polar surface area (TPSA) is 115 Å². The minimum Gasteiger partial charge on any atom is -0.488 e. The van der Waals surface area contributed by atoms with Gasteiger partial charge in [-0.1, -0.05) is 11.2 Å². The van der Waals surface area contributed by atoms with Gasteiger partial charge in [0.15, 0.2) is 5.75 Å². The number of anilines is 1. The van der Waals surface area contributed by atoms with Crippen LogP contribution in [0.2, 0.25) is 0 Å². The maximum absolute atomic E-state index is 10.9. The van der Waals surface area contributed by atoms with Crippen LogP contribution in [0.3, 0.4) is 0 Å². The van der Waals surface area contributed by atoms with Crippen LogP contribution in [0.1, 0.15) is 23.2 Å². The van der Waals surface area contributed by atoms with E-state index in [0.717, 1.165) is 64.1 Å². The van der Waals surface area contributed by atoms with E-state index in [-0.39, 0.29) is 12.0 Å². The number of aryl methyl sites for hydroxylation is 2. The van der Waals surface area contributed by atoms with Crippen LogP contribution < -0.4 is 14.4 Å². The van der Waals surface area contributed by atoms with Gasteiger partial charge in [0.1, 0.15) is 23.9 Å². The second-order valence-electron chi connectivity index (χ2n) is 8.76. The molecule has 34 heavy (non-hydrogen) atoms. The minimum absolute atomic E-state index is 0.137. The predicted molar refractivity (Wildman–Crippen MR) is 127 cm³/mol. The number of nitrogens with zero attached hydrogens (tertiary/aromatic N) is 5. The van der Waals surface area contributed by atoms with Crippen molar-refractivity contribution in [2.24, 2.45) is 5.92 Å². The quantitative estimate of drug-likeness (QED) is 0.404. The van der Waals surface area contributed by atoms with Crippen LogP contribution in [-0.4, -0.2) is 54.4 Å². The normalized spacial score (nSPS) is 17.9. The maximum atomic E-state index is 10.9. The minimum atomic E-state index is -2.59. The SMILES string of the molecule is Cc1noc(C)c1-c1ccc2nc(N3CC(CN[SH](=O)=O)C3)n3c2c1OC[C@@H]3c1ccccn1. The van der Waals surface area contributed by atoms with E-state index < -0.39 is 10.9 Å². The molecule has 1 N–H and O–H groups in total. The monoisotopic (exact) mass is 480 g/mol. The van der Waals surface area contributed by atoms with Gasteiger partial charge in [-0.05, 0) is 38.1 Å². The van der Waals surface area contributed by atoms with Gasteiger partial charge in [0.2, 0.25) is 16.8 Å². The summed E-state index contributed by atoms with van der Waals surface area (Å²) < 4.78 is 38.4. The number of hydrogen-bond donors (Lipinski definition) is 2. The summed E-state index contributed by atoms with van der Waals surface area (Å²) in [6, 6.07) is 9.75. The van der Waals surface area contributed by atoms with Crippen molar-refractivity contribution in [3.8, 4) is 16.9 Å². The number of hydrogen-bond acceptors (Lipinski definition) is 8. The van der Waals surface area contributed by atoms with Crippen LogP contribution >= 0.6 is 0 Å². The Morgan fingerprint density at radius 2 is 2.03 bits per heavy atom. The van der Waals surface area contributed by atoms with E-state index in [1.807, 2.05) is 44.2 Å². The van der Waals surface area contributed by atoms with E-state index in [0.29, 0.717) is 13.2 Å². The number of benzene rings is 1. The molecule has 0 bridgehead atoms. The van der Waals surface area contributed by atoms with Gasteiger partial charge in [0.25, 0.3) is 0 Å². The highest BCUT2D eigenvalue weighted by Crippen LogP contribution is 2.46. The van der Waals surface area contributed by atoms with Crippen molar-refractivity contribution < 1.29 is 17.7 Å². The second kappa shape index (κ2) is 8.10. The Balaban J connectivity index is 1.48. The second-order valence-corrected chi connectivity index (χ2v) is 9.59. The summed E-state index contributed by atoms with van der Waals surface area (Å²) in [6.45, 7) is 6.12. The third kappa shape index (κ3) is 3.34. The molecule has 4 aromatic rings. The summed E-state index contributed by atoms with van der Waals surface area (Å²) >= 11 is 0. The van der Waals surface area contributed by atoms with Crippen LogP contribution in [-0.2, 0) is 10.9 Å². The zero-order valence-corrected chi connectivity index (χ0v) is 19.7. The van der Waals surface area contributed by atoms with Gasteiger partial charge in [-0.3, -0.25) is 9.55 Å². The van der Waals surface area contributed by atoms with Crippen LogP contribution in [0.15, 0.2) is 41.1 Å². The van der Waals surface area contributed by atoms with Crippen molar-refractivity contribution in [1.82, 2.24) is 24.4 Å². The van der Waals surface area contributed by atoms with Crippen molar-refractivity contribution in [1.29, 1.82) is 0 Å². The van der Waals surface area contributed by atoms with Crippen molar-refractivity contribution in [2.45, 2.75) is 19.9 Å². The molecular formula is C23H24N6O4S. The first-order chi connectivity index (χ1) is 16.5. The molecule has 1 saturated heterocycles. The summed E-state index contributed by atoms with van der Waals surface area (Å²) in [7, 11) is -2.59. The lowest BCUT2D eigenvalue weighted by Crippen LogP contribution is -2.52. The Hall–Kier alpha value is -3.44. The van der Waals surface area contributed by atoms with Gasteiger partial charge in [-0.2, -0.15) is 0 Å². The molecule has 2 aliphatic heterocycles. The number of ether oxygens (including phenoxy) is 1. The van der Waals surface area contributed by atoms with Crippen molar-refractivity contribution in [3.63, 3.8) is 0 Å². The molecule has 6 rings (SSSR count). The Labute approximate surface area is 197 Å². The lowest BCUT2D eigenvalue weighted by molar-refractivity contribution is 0.255. The van der Waals surface area contributed by atoms with Crippen molar-refractivity contribution >= 4 is 27.9 Å². The highest BCUT2D eigenvalue weighted by atomic mass is 32.2. The van der Waals surface area contributed by atoms with Crippen LogP contribution in [0.5, 0.6) is 5.75 Å². The first kappa shape index (κ1) is 21.1.